The van der Waals surface area contributed by atoms with E-state index in [1.165, 1.54) is 16.7 Å². The van der Waals surface area contributed by atoms with E-state index in [0.29, 0.717) is 26.7 Å². The Labute approximate surface area is 162 Å². The van der Waals surface area contributed by atoms with E-state index in [4.69, 9.17) is 34.8 Å². The minimum Gasteiger partial charge on any atom is -0.289 e. The van der Waals surface area contributed by atoms with Crippen LogP contribution in [0.5, 0.6) is 0 Å². The van der Waals surface area contributed by atoms with Crippen molar-refractivity contribution in [3.63, 3.8) is 0 Å². The minimum absolute atomic E-state index is 0.0112. The van der Waals surface area contributed by atoms with Gasteiger partial charge in [0.25, 0.3) is 5.56 Å². The molecule has 1 aromatic heterocycles. The number of nitrogens with zero attached hydrogens (tertiary/aromatic N) is 1. The molecule has 0 radical (unpaired) electrons. The Morgan fingerprint density at radius 3 is 2.27 bits per heavy atom. The highest BCUT2D eigenvalue weighted by atomic mass is 35.5. The van der Waals surface area contributed by atoms with Crippen molar-refractivity contribution in [3.05, 3.63) is 101 Å². The Kier molecular flexibility index (Phi) is 5.32. The first-order valence-electron chi connectivity index (χ1n) is 7.43. The van der Waals surface area contributed by atoms with E-state index in [2.05, 4.69) is 4.98 Å². The number of aromatic amines is 1. The molecule has 8 heteroatoms. The lowest BCUT2D eigenvalue weighted by molar-refractivity contribution is 0.103. The second-order valence-corrected chi connectivity index (χ2v) is 6.80. The van der Waals surface area contributed by atoms with Crippen LogP contribution in [-0.2, 0) is 6.54 Å². The highest BCUT2D eigenvalue weighted by molar-refractivity contribution is 6.35. The number of H-pyrrole nitrogens is 1. The van der Waals surface area contributed by atoms with Crippen LogP contribution in [0.2, 0.25) is 15.2 Å². The number of carbonyl (C=O) groups is 1. The van der Waals surface area contributed by atoms with Crippen molar-refractivity contribution in [2.45, 2.75) is 6.54 Å². The Hall–Kier alpha value is -2.34. The van der Waals surface area contributed by atoms with Gasteiger partial charge in [-0.2, -0.15) is 0 Å². The van der Waals surface area contributed by atoms with Gasteiger partial charge in [-0.05, 0) is 29.8 Å². The van der Waals surface area contributed by atoms with E-state index in [9.17, 15) is 14.4 Å². The van der Waals surface area contributed by atoms with Crippen LogP contribution in [0.1, 0.15) is 21.5 Å². The Morgan fingerprint density at radius 2 is 1.62 bits per heavy atom. The van der Waals surface area contributed by atoms with E-state index >= 15 is 0 Å². The number of ketones is 1. The van der Waals surface area contributed by atoms with Crippen LogP contribution in [0.25, 0.3) is 0 Å². The third-order valence-electron chi connectivity index (χ3n) is 3.64. The van der Waals surface area contributed by atoms with Gasteiger partial charge in [-0.3, -0.25) is 19.1 Å². The first-order chi connectivity index (χ1) is 12.3. The summed E-state index contributed by atoms with van der Waals surface area (Å²) in [7, 11) is 0. The van der Waals surface area contributed by atoms with Gasteiger partial charge in [0, 0.05) is 27.2 Å². The number of nitrogens with one attached hydrogen (secondary N) is 1. The molecule has 26 heavy (non-hydrogen) atoms. The molecular formula is C18H11Cl3N2O3. The average Bonchev–Trinajstić information content (AvgIpc) is 2.57. The number of benzene rings is 2. The lowest BCUT2D eigenvalue weighted by atomic mass is 10.0. The fourth-order valence-electron chi connectivity index (χ4n) is 2.48. The molecule has 132 valence electrons. The second kappa shape index (κ2) is 7.50. The molecule has 0 amide bonds. The van der Waals surface area contributed by atoms with Crippen LogP contribution >= 0.6 is 34.8 Å². The molecule has 1 N–H and O–H groups in total. The molecule has 0 saturated heterocycles. The molecule has 0 atom stereocenters. The predicted octanol–water partition coefficient (Wildman–Crippen LogP) is 3.78. The maximum Gasteiger partial charge on any atom is 0.329 e. The van der Waals surface area contributed by atoms with E-state index in [0.717, 1.165) is 6.07 Å². The summed E-state index contributed by atoms with van der Waals surface area (Å²) in [6.07, 6.45) is 0. The number of hydrogen-bond donors (Lipinski definition) is 1. The summed E-state index contributed by atoms with van der Waals surface area (Å²) in [5.74, 6) is -0.254. The molecule has 0 unspecified atom stereocenters. The van der Waals surface area contributed by atoms with Crippen LogP contribution < -0.4 is 11.2 Å². The van der Waals surface area contributed by atoms with Crippen LogP contribution in [0.4, 0.5) is 0 Å². The fraction of sp³-hybridized carbons (Fsp3) is 0.0556. The van der Waals surface area contributed by atoms with Gasteiger partial charge in [-0.1, -0.05) is 53.0 Å². The van der Waals surface area contributed by atoms with E-state index < -0.39 is 11.2 Å². The summed E-state index contributed by atoms with van der Waals surface area (Å²) in [5, 5.41) is 0.740. The lowest BCUT2D eigenvalue weighted by Crippen LogP contribution is -2.30. The van der Waals surface area contributed by atoms with Crippen molar-refractivity contribution >= 4 is 40.6 Å². The van der Waals surface area contributed by atoms with Gasteiger partial charge in [0.05, 0.1) is 6.54 Å². The first-order valence-corrected chi connectivity index (χ1v) is 8.56. The largest absolute Gasteiger partial charge is 0.329 e. The van der Waals surface area contributed by atoms with Crippen molar-refractivity contribution in [3.8, 4) is 0 Å². The molecule has 0 aliphatic carbocycles. The van der Waals surface area contributed by atoms with Crippen molar-refractivity contribution in [1.29, 1.82) is 0 Å². The number of rotatable bonds is 4. The summed E-state index contributed by atoms with van der Waals surface area (Å²) in [4.78, 5) is 38.0. The quantitative estimate of drug-likeness (QED) is 0.526. The van der Waals surface area contributed by atoms with E-state index in [1.807, 2.05) is 0 Å². The summed E-state index contributed by atoms with van der Waals surface area (Å²) < 4.78 is 1.20. The zero-order valence-corrected chi connectivity index (χ0v) is 15.4. The maximum atomic E-state index is 12.7. The lowest BCUT2D eigenvalue weighted by Gasteiger charge is -2.09. The van der Waals surface area contributed by atoms with E-state index in [-0.39, 0.29) is 17.5 Å². The monoisotopic (exact) mass is 408 g/mol. The van der Waals surface area contributed by atoms with Crippen LogP contribution in [0.3, 0.4) is 0 Å². The van der Waals surface area contributed by atoms with Gasteiger partial charge in [0.1, 0.15) is 5.15 Å². The Balaban J connectivity index is 1.95. The zero-order chi connectivity index (χ0) is 18.8. The summed E-state index contributed by atoms with van der Waals surface area (Å²) >= 11 is 17.9. The molecule has 1 heterocycles. The summed E-state index contributed by atoms with van der Waals surface area (Å²) in [6, 6.07) is 12.5. The molecule has 3 aromatic rings. The van der Waals surface area contributed by atoms with Crippen LogP contribution in [-0.4, -0.2) is 15.3 Å². The smallest absolute Gasteiger partial charge is 0.289 e. The van der Waals surface area contributed by atoms with Crippen molar-refractivity contribution in [1.82, 2.24) is 9.55 Å². The maximum absolute atomic E-state index is 12.7. The molecule has 2 aromatic carbocycles. The standard InChI is InChI=1S/C18H11Cl3N2O3/c19-13-5-12(6-14(20)7-13)17(25)11-3-1-2-10(4-11)9-23-15(21)8-16(24)22-18(23)26/h1-8H,9H2,(H,22,24,26). The first kappa shape index (κ1) is 18.5. The van der Waals surface area contributed by atoms with Gasteiger partial charge in [0.2, 0.25) is 0 Å². The normalized spacial score (nSPS) is 10.7. The molecule has 0 spiro atoms. The zero-order valence-electron chi connectivity index (χ0n) is 13.1. The number of carbonyl (C=O) groups excluding carboxylic acids is 1. The molecular weight excluding hydrogens is 399 g/mol. The highest BCUT2D eigenvalue weighted by Gasteiger charge is 2.12. The molecule has 0 aliphatic rings. The summed E-state index contributed by atoms with van der Waals surface area (Å²) in [6.45, 7) is 0.103. The van der Waals surface area contributed by atoms with Gasteiger partial charge in [-0.25, -0.2) is 4.79 Å². The van der Waals surface area contributed by atoms with Crippen molar-refractivity contribution in [2.24, 2.45) is 0 Å². The predicted molar refractivity (Wildman–Crippen MR) is 102 cm³/mol. The van der Waals surface area contributed by atoms with Gasteiger partial charge in [-0.15, -0.1) is 0 Å². The number of hydrogen-bond acceptors (Lipinski definition) is 3. The Morgan fingerprint density at radius 1 is 0.923 bits per heavy atom. The van der Waals surface area contributed by atoms with Crippen LogP contribution in [0, 0.1) is 0 Å². The third-order valence-corrected chi connectivity index (χ3v) is 4.39. The fourth-order valence-corrected chi connectivity index (χ4v) is 3.25. The average molecular weight is 410 g/mol. The number of aromatic nitrogens is 2. The second-order valence-electron chi connectivity index (χ2n) is 5.54. The minimum atomic E-state index is -0.624. The molecule has 0 fully saturated rings. The van der Waals surface area contributed by atoms with Gasteiger partial charge < -0.3 is 0 Å². The SMILES string of the molecule is O=C(c1cc(Cl)cc(Cl)c1)c1cccc(Cn2c(Cl)cc(=O)[nH]c2=O)c1. The number of halogens is 3. The van der Waals surface area contributed by atoms with Crippen molar-refractivity contribution in [2.75, 3.05) is 0 Å². The molecule has 5 nitrogen and oxygen atoms in total. The molecule has 3 rings (SSSR count). The van der Waals surface area contributed by atoms with Gasteiger partial charge >= 0.3 is 5.69 Å². The van der Waals surface area contributed by atoms with Crippen LogP contribution in [0.15, 0.2) is 58.1 Å². The van der Waals surface area contributed by atoms with Gasteiger partial charge in [0.15, 0.2) is 5.78 Å². The highest BCUT2D eigenvalue weighted by Crippen LogP contribution is 2.22. The topological polar surface area (TPSA) is 71.9 Å². The third kappa shape index (κ3) is 4.07. The summed E-state index contributed by atoms with van der Waals surface area (Å²) in [5.41, 5.74) is 0.243. The molecule has 0 aliphatic heterocycles. The molecule has 0 bridgehead atoms. The Bertz CT molecular complexity index is 1100. The molecule has 0 saturated carbocycles. The van der Waals surface area contributed by atoms with Crippen molar-refractivity contribution < 1.29 is 4.79 Å². The van der Waals surface area contributed by atoms with E-state index in [1.54, 1.807) is 30.3 Å².